The standard InChI is InChI=1S/C23H21F3N4OS/c24-23(25,26)22(31)30-14-18(13-17-9-5-2-6-10-17)27-21(32)20-19(30)15-29(28-20)12-11-16-7-3-1-4-8-16/h1-10,15,18H,11-14H2,(H,27,32)/t18-/m1/s1. The van der Waals surface area contributed by atoms with Crippen LogP contribution in [0.1, 0.15) is 16.8 Å². The third-order valence-electron chi connectivity index (χ3n) is 5.27. The van der Waals surface area contributed by atoms with E-state index in [2.05, 4.69) is 10.4 Å². The fraction of sp³-hybridized carbons (Fsp3) is 0.261. The van der Waals surface area contributed by atoms with Crippen molar-refractivity contribution in [3.05, 3.63) is 83.7 Å². The lowest BCUT2D eigenvalue weighted by molar-refractivity contribution is -0.170. The van der Waals surface area contributed by atoms with Crippen molar-refractivity contribution in [2.45, 2.75) is 31.6 Å². The first-order valence-electron chi connectivity index (χ1n) is 10.2. The molecule has 2 aromatic carbocycles. The molecule has 1 amide bonds. The minimum Gasteiger partial charge on any atom is -0.370 e. The fourth-order valence-corrected chi connectivity index (χ4v) is 4.06. The van der Waals surface area contributed by atoms with Gasteiger partial charge in [0.2, 0.25) is 0 Å². The molecule has 1 aliphatic heterocycles. The first kappa shape index (κ1) is 22.0. The maximum Gasteiger partial charge on any atom is 0.471 e. The largest absolute Gasteiger partial charge is 0.471 e. The van der Waals surface area contributed by atoms with Crippen LogP contribution in [-0.2, 0) is 24.2 Å². The van der Waals surface area contributed by atoms with E-state index in [9.17, 15) is 18.0 Å². The van der Waals surface area contributed by atoms with Crippen molar-refractivity contribution in [3.63, 3.8) is 0 Å². The van der Waals surface area contributed by atoms with Crippen LogP contribution in [0.15, 0.2) is 66.9 Å². The Bertz CT molecular complexity index is 1100. The zero-order valence-corrected chi connectivity index (χ0v) is 17.9. The molecule has 0 aliphatic carbocycles. The maximum absolute atomic E-state index is 13.4. The first-order chi connectivity index (χ1) is 15.3. The van der Waals surface area contributed by atoms with E-state index in [0.29, 0.717) is 19.4 Å². The average Bonchev–Trinajstić information content (AvgIpc) is 3.15. The van der Waals surface area contributed by atoms with Crippen molar-refractivity contribution in [1.29, 1.82) is 0 Å². The summed E-state index contributed by atoms with van der Waals surface area (Å²) in [6.07, 6.45) is -2.47. The summed E-state index contributed by atoms with van der Waals surface area (Å²) in [7, 11) is 0. The summed E-state index contributed by atoms with van der Waals surface area (Å²) in [6.45, 7) is 0.270. The van der Waals surface area contributed by atoms with Gasteiger partial charge in [-0.05, 0) is 24.0 Å². The highest BCUT2D eigenvalue weighted by molar-refractivity contribution is 7.80. The minimum absolute atomic E-state index is 0.0773. The molecule has 1 aliphatic rings. The lowest BCUT2D eigenvalue weighted by Gasteiger charge is -2.25. The number of rotatable bonds is 5. The second-order valence-corrected chi connectivity index (χ2v) is 8.04. The van der Waals surface area contributed by atoms with Crippen LogP contribution in [0, 0.1) is 0 Å². The lowest BCUT2D eigenvalue weighted by Crippen LogP contribution is -2.48. The summed E-state index contributed by atoms with van der Waals surface area (Å²) < 4.78 is 41.8. The zero-order valence-electron chi connectivity index (χ0n) is 17.0. The number of carbonyl (C=O) groups excluding carboxylic acids is 1. The van der Waals surface area contributed by atoms with Crippen molar-refractivity contribution in [2.75, 3.05) is 11.4 Å². The van der Waals surface area contributed by atoms with Crippen LogP contribution in [0.3, 0.4) is 0 Å². The quantitative estimate of drug-likeness (QED) is 0.589. The number of hydrogen-bond acceptors (Lipinski definition) is 3. The number of carbonyl (C=O) groups is 1. The number of amides is 1. The van der Waals surface area contributed by atoms with Gasteiger partial charge in [0.1, 0.15) is 10.7 Å². The summed E-state index contributed by atoms with van der Waals surface area (Å²) in [5.74, 6) is -1.93. The number of nitrogens with zero attached hydrogens (tertiary/aromatic N) is 3. The Hall–Kier alpha value is -3.20. The smallest absolute Gasteiger partial charge is 0.370 e. The summed E-state index contributed by atoms with van der Waals surface area (Å²) in [5.41, 5.74) is 2.26. The molecule has 0 saturated heterocycles. The van der Waals surface area contributed by atoms with Gasteiger partial charge >= 0.3 is 12.1 Å². The van der Waals surface area contributed by atoms with E-state index in [1.807, 2.05) is 60.7 Å². The second kappa shape index (κ2) is 9.12. The summed E-state index contributed by atoms with van der Waals surface area (Å²) in [4.78, 5) is 13.3. The van der Waals surface area contributed by atoms with Gasteiger partial charge in [-0.3, -0.25) is 14.4 Å². The number of aromatic nitrogens is 2. The minimum atomic E-state index is -5.01. The van der Waals surface area contributed by atoms with Crippen molar-refractivity contribution in [1.82, 2.24) is 15.1 Å². The fourth-order valence-electron chi connectivity index (χ4n) is 3.75. The van der Waals surface area contributed by atoms with Crippen LogP contribution in [0.2, 0.25) is 0 Å². The van der Waals surface area contributed by atoms with E-state index >= 15 is 0 Å². The Kier molecular flexibility index (Phi) is 6.27. The van der Waals surface area contributed by atoms with Gasteiger partial charge in [-0.25, -0.2) is 0 Å². The van der Waals surface area contributed by atoms with Crippen LogP contribution in [0.25, 0.3) is 0 Å². The molecule has 1 atom stereocenters. The molecule has 1 aromatic heterocycles. The van der Waals surface area contributed by atoms with Crippen molar-refractivity contribution >= 4 is 28.8 Å². The molecular weight excluding hydrogens is 437 g/mol. The van der Waals surface area contributed by atoms with E-state index in [0.717, 1.165) is 16.0 Å². The number of thiocarbonyl (C=S) groups is 1. The van der Waals surface area contributed by atoms with Crippen LogP contribution >= 0.6 is 12.2 Å². The van der Waals surface area contributed by atoms with Crippen molar-refractivity contribution in [3.8, 4) is 0 Å². The van der Waals surface area contributed by atoms with E-state index < -0.39 is 18.1 Å². The number of aryl methyl sites for hydroxylation is 2. The Morgan fingerprint density at radius 3 is 2.31 bits per heavy atom. The Labute approximate surface area is 188 Å². The van der Waals surface area contributed by atoms with Crippen molar-refractivity contribution < 1.29 is 18.0 Å². The van der Waals surface area contributed by atoms with Crippen LogP contribution in [0.5, 0.6) is 0 Å². The first-order valence-corrected chi connectivity index (χ1v) is 10.6. The highest BCUT2D eigenvalue weighted by Gasteiger charge is 2.45. The molecular formula is C23H21F3N4OS. The summed E-state index contributed by atoms with van der Waals surface area (Å²) in [5, 5.41) is 7.52. The van der Waals surface area contributed by atoms with Gasteiger partial charge < -0.3 is 5.32 Å². The molecule has 0 fully saturated rings. The van der Waals surface area contributed by atoms with Crippen LogP contribution < -0.4 is 10.2 Å². The Morgan fingerprint density at radius 1 is 1.06 bits per heavy atom. The zero-order chi connectivity index (χ0) is 22.7. The van der Waals surface area contributed by atoms with Crippen LogP contribution in [-0.4, -0.2) is 39.4 Å². The maximum atomic E-state index is 13.4. The molecule has 2 heterocycles. The Balaban J connectivity index is 1.61. The topological polar surface area (TPSA) is 50.2 Å². The average molecular weight is 459 g/mol. The number of halogens is 3. The number of alkyl halides is 3. The van der Waals surface area contributed by atoms with Gasteiger partial charge in [0.05, 0.1) is 5.69 Å². The highest BCUT2D eigenvalue weighted by Crippen LogP contribution is 2.29. The lowest BCUT2D eigenvalue weighted by atomic mass is 10.1. The molecule has 0 bridgehead atoms. The van der Waals surface area contributed by atoms with Gasteiger partial charge in [-0.1, -0.05) is 72.9 Å². The van der Waals surface area contributed by atoms with Gasteiger partial charge in [0, 0.05) is 25.3 Å². The number of benzene rings is 2. The third kappa shape index (κ3) is 4.99. The molecule has 5 nitrogen and oxygen atoms in total. The molecule has 166 valence electrons. The summed E-state index contributed by atoms with van der Waals surface area (Å²) >= 11 is 5.46. The number of fused-ring (bicyclic) bond motifs is 1. The molecule has 9 heteroatoms. The molecule has 0 unspecified atom stereocenters. The van der Waals surface area contributed by atoms with Gasteiger partial charge in [-0.15, -0.1) is 0 Å². The van der Waals surface area contributed by atoms with E-state index in [1.165, 1.54) is 6.20 Å². The third-order valence-corrected chi connectivity index (χ3v) is 5.58. The molecule has 0 radical (unpaired) electrons. The predicted octanol–water partition coefficient (Wildman–Crippen LogP) is 3.91. The van der Waals surface area contributed by atoms with Crippen LogP contribution in [0.4, 0.5) is 18.9 Å². The van der Waals surface area contributed by atoms with E-state index in [1.54, 1.807) is 4.68 Å². The molecule has 0 saturated carbocycles. The van der Waals surface area contributed by atoms with Gasteiger partial charge in [0.25, 0.3) is 0 Å². The number of nitrogens with one attached hydrogen (secondary N) is 1. The SMILES string of the molecule is O=C(N1C[C@@H](Cc2ccccc2)NC(=S)c2nn(CCc3ccccc3)cc21)C(F)(F)F. The highest BCUT2D eigenvalue weighted by atomic mass is 32.1. The molecule has 32 heavy (non-hydrogen) atoms. The normalized spacial score (nSPS) is 16.3. The second-order valence-electron chi connectivity index (χ2n) is 7.64. The van der Waals surface area contributed by atoms with E-state index in [4.69, 9.17) is 12.2 Å². The van der Waals surface area contributed by atoms with E-state index in [-0.39, 0.29) is 22.9 Å². The van der Waals surface area contributed by atoms with Crippen molar-refractivity contribution in [2.24, 2.45) is 0 Å². The van der Waals surface area contributed by atoms with Gasteiger partial charge in [-0.2, -0.15) is 18.3 Å². The molecule has 4 rings (SSSR count). The molecule has 1 N–H and O–H groups in total. The molecule has 3 aromatic rings. The monoisotopic (exact) mass is 458 g/mol. The van der Waals surface area contributed by atoms with Gasteiger partial charge in [0.15, 0.2) is 0 Å². The molecule has 0 spiro atoms. The number of hydrogen-bond donors (Lipinski definition) is 1. The predicted molar refractivity (Wildman–Crippen MR) is 120 cm³/mol. The summed E-state index contributed by atoms with van der Waals surface area (Å²) in [6, 6.07) is 18.5. The Morgan fingerprint density at radius 2 is 1.69 bits per heavy atom. The number of anilines is 1.